The molecule has 0 spiro atoms. The third kappa shape index (κ3) is 2.46. The summed E-state index contributed by atoms with van der Waals surface area (Å²) in [6.45, 7) is 7.91. The van der Waals surface area contributed by atoms with E-state index in [1.807, 2.05) is 0 Å². The number of rotatable bonds is 3. The van der Waals surface area contributed by atoms with Gasteiger partial charge in [-0.05, 0) is 32.2 Å². The van der Waals surface area contributed by atoms with Crippen LogP contribution in [0.1, 0.15) is 26.7 Å². The minimum absolute atomic E-state index is 0.744. The molecule has 2 heteroatoms. The Labute approximate surface area is 75.9 Å². The van der Waals surface area contributed by atoms with Crippen LogP contribution in [-0.4, -0.2) is 37.7 Å². The Hall–Kier alpha value is -0.0800. The van der Waals surface area contributed by atoms with Crippen LogP contribution in [0.2, 0.25) is 0 Å². The van der Waals surface area contributed by atoms with E-state index in [1.165, 1.54) is 19.4 Å². The fraction of sp³-hybridized carbons (Fsp3) is 1.00. The molecule has 1 heterocycles. The zero-order valence-corrected chi connectivity index (χ0v) is 8.55. The van der Waals surface area contributed by atoms with E-state index >= 15 is 0 Å². The van der Waals surface area contributed by atoms with Gasteiger partial charge in [-0.1, -0.05) is 6.92 Å². The van der Waals surface area contributed by atoms with Crippen molar-refractivity contribution in [1.82, 2.24) is 4.90 Å². The van der Waals surface area contributed by atoms with Crippen LogP contribution >= 0.6 is 0 Å². The summed E-state index contributed by atoms with van der Waals surface area (Å²) in [6.07, 6.45) is 2.75. The number of ether oxygens (including phenoxy) is 1. The summed E-state index contributed by atoms with van der Waals surface area (Å²) in [4.78, 5) is 2.54. The maximum absolute atomic E-state index is 5.09. The van der Waals surface area contributed by atoms with Crippen molar-refractivity contribution in [3.63, 3.8) is 0 Å². The Kier molecular flexibility index (Phi) is 4.02. The molecule has 0 aliphatic carbocycles. The number of piperidine rings is 1. The SMILES string of the molecule is COCCN1CCC[C@@H](C)[C@H]1C. The number of hydrogen-bond acceptors (Lipinski definition) is 2. The van der Waals surface area contributed by atoms with E-state index < -0.39 is 0 Å². The predicted octanol–water partition coefficient (Wildman–Crippen LogP) is 1.75. The molecule has 0 radical (unpaired) electrons. The highest BCUT2D eigenvalue weighted by molar-refractivity contribution is 4.77. The topological polar surface area (TPSA) is 12.5 Å². The highest BCUT2D eigenvalue weighted by Crippen LogP contribution is 2.21. The molecule has 1 aliphatic rings. The lowest BCUT2D eigenvalue weighted by atomic mass is 9.92. The van der Waals surface area contributed by atoms with Gasteiger partial charge in [0.2, 0.25) is 0 Å². The van der Waals surface area contributed by atoms with Crippen LogP contribution < -0.4 is 0 Å². The smallest absolute Gasteiger partial charge is 0.0589 e. The van der Waals surface area contributed by atoms with Gasteiger partial charge in [0.05, 0.1) is 6.61 Å². The van der Waals surface area contributed by atoms with Gasteiger partial charge in [0, 0.05) is 19.7 Å². The molecule has 1 aliphatic heterocycles. The van der Waals surface area contributed by atoms with Gasteiger partial charge in [-0.15, -0.1) is 0 Å². The van der Waals surface area contributed by atoms with Crippen molar-refractivity contribution in [2.75, 3.05) is 26.8 Å². The summed E-state index contributed by atoms with van der Waals surface area (Å²) in [5.41, 5.74) is 0. The Balaban J connectivity index is 2.30. The predicted molar refractivity (Wildman–Crippen MR) is 51.3 cm³/mol. The first-order valence-electron chi connectivity index (χ1n) is 4.98. The van der Waals surface area contributed by atoms with Gasteiger partial charge in [-0.25, -0.2) is 0 Å². The standard InChI is InChI=1S/C10H21NO/c1-9-5-4-6-11(10(9)2)7-8-12-3/h9-10H,4-8H2,1-3H3/t9-,10-/m1/s1. The second kappa shape index (κ2) is 4.83. The molecule has 0 amide bonds. The fourth-order valence-electron chi connectivity index (χ4n) is 1.95. The summed E-state index contributed by atoms with van der Waals surface area (Å²) in [5, 5.41) is 0. The molecular weight excluding hydrogens is 150 g/mol. The Bertz CT molecular complexity index is 127. The molecule has 0 N–H and O–H groups in total. The molecule has 0 bridgehead atoms. The van der Waals surface area contributed by atoms with E-state index in [2.05, 4.69) is 18.7 Å². The molecule has 72 valence electrons. The zero-order valence-electron chi connectivity index (χ0n) is 8.55. The minimum atomic E-state index is 0.744. The van der Waals surface area contributed by atoms with E-state index in [4.69, 9.17) is 4.74 Å². The molecule has 1 saturated heterocycles. The van der Waals surface area contributed by atoms with Gasteiger partial charge < -0.3 is 4.74 Å². The zero-order chi connectivity index (χ0) is 8.97. The maximum Gasteiger partial charge on any atom is 0.0589 e. The first kappa shape index (κ1) is 10.0. The maximum atomic E-state index is 5.09. The quantitative estimate of drug-likeness (QED) is 0.641. The average molecular weight is 171 g/mol. The number of nitrogens with zero attached hydrogens (tertiary/aromatic N) is 1. The van der Waals surface area contributed by atoms with E-state index in [0.717, 1.165) is 25.1 Å². The summed E-state index contributed by atoms with van der Waals surface area (Å²) in [6, 6.07) is 0.744. The number of hydrogen-bond donors (Lipinski definition) is 0. The summed E-state index contributed by atoms with van der Waals surface area (Å²) in [5.74, 6) is 0.857. The Morgan fingerprint density at radius 2 is 2.17 bits per heavy atom. The first-order chi connectivity index (χ1) is 5.75. The third-order valence-corrected chi connectivity index (χ3v) is 3.09. The van der Waals surface area contributed by atoms with Gasteiger partial charge in [0.1, 0.15) is 0 Å². The second-order valence-corrected chi connectivity index (χ2v) is 3.89. The largest absolute Gasteiger partial charge is 0.383 e. The molecule has 0 aromatic heterocycles. The molecule has 2 atom stereocenters. The van der Waals surface area contributed by atoms with Crippen molar-refractivity contribution in [3.8, 4) is 0 Å². The van der Waals surface area contributed by atoms with Crippen LogP contribution in [0.4, 0.5) is 0 Å². The van der Waals surface area contributed by atoms with Gasteiger partial charge in [0.15, 0.2) is 0 Å². The van der Waals surface area contributed by atoms with Crippen molar-refractivity contribution >= 4 is 0 Å². The van der Waals surface area contributed by atoms with Crippen molar-refractivity contribution in [2.24, 2.45) is 5.92 Å². The third-order valence-electron chi connectivity index (χ3n) is 3.09. The fourth-order valence-corrected chi connectivity index (χ4v) is 1.95. The molecule has 0 saturated carbocycles. The number of methoxy groups -OCH3 is 1. The van der Waals surface area contributed by atoms with E-state index in [1.54, 1.807) is 7.11 Å². The van der Waals surface area contributed by atoms with Crippen LogP contribution in [0.15, 0.2) is 0 Å². The van der Waals surface area contributed by atoms with Crippen molar-refractivity contribution < 1.29 is 4.74 Å². The van der Waals surface area contributed by atoms with Crippen molar-refractivity contribution in [3.05, 3.63) is 0 Å². The molecular formula is C10H21NO. The molecule has 2 nitrogen and oxygen atoms in total. The van der Waals surface area contributed by atoms with Crippen LogP contribution in [0.25, 0.3) is 0 Å². The summed E-state index contributed by atoms with van der Waals surface area (Å²) >= 11 is 0. The lowest BCUT2D eigenvalue weighted by molar-refractivity contribution is 0.0765. The van der Waals surface area contributed by atoms with E-state index in [9.17, 15) is 0 Å². The molecule has 12 heavy (non-hydrogen) atoms. The minimum Gasteiger partial charge on any atom is -0.383 e. The van der Waals surface area contributed by atoms with Gasteiger partial charge in [-0.2, -0.15) is 0 Å². The molecule has 0 aromatic rings. The first-order valence-corrected chi connectivity index (χ1v) is 4.98. The van der Waals surface area contributed by atoms with Gasteiger partial charge in [-0.3, -0.25) is 4.90 Å². The summed E-state index contributed by atoms with van der Waals surface area (Å²) < 4.78 is 5.09. The Morgan fingerprint density at radius 3 is 2.83 bits per heavy atom. The molecule has 0 aromatic carbocycles. The van der Waals surface area contributed by atoms with Crippen LogP contribution in [0.5, 0.6) is 0 Å². The van der Waals surface area contributed by atoms with E-state index in [-0.39, 0.29) is 0 Å². The van der Waals surface area contributed by atoms with E-state index in [0.29, 0.717) is 0 Å². The molecule has 0 unspecified atom stereocenters. The van der Waals surface area contributed by atoms with Crippen molar-refractivity contribution in [2.45, 2.75) is 32.7 Å². The molecule has 1 fully saturated rings. The normalized spacial score (nSPS) is 32.2. The van der Waals surface area contributed by atoms with Gasteiger partial charge in [0.25, 0.3) is 0 Å². The monoisotopic (exact) mass is 171 g/mol. The van der Waals surface area contributed by atoms with Crippen LogP contribution in [0.3, 0.4) is 0 Å². The average Bonchev–Trinajstić information content (AvgIpc) is 2.08. The second-order valence-electron chi connectivity index (χ2n) is 3.89. The molecule has 1 rings (SSSR count). The summed E-state index contributed by atoms with van der Waals surface area (Å²) in [7, 11) is 1.78. The van der Waals surface area contributed by atoms with Gasteiger partial charge >= 0.3 is 0 Å². The van der Waals surface area contributed by atoms with Crippen LogP contribution in [0, 0.1) is 5.92 Å². The van der Waals surface area contributed by atoms with Crippen molar-refractivity contribution in [1.29, 1.82) is 0 Å². The lowest BCUT2D eigenvalue weighted by Gasteiger charge is -2.37. The highest BCUT2D eigenvalue weighted by Gasteiger charge is 2.23. The number of likely N-dealkylation sites (tertiary alicyclic amines) is 1. The Morgan fingerprint density at radius 1 is 1.42 bits per heavy atom. The van der Waals surface area contributed by atoms with Crippen LogP contribution in [-0.2, 0) is 4.74 Å². The lowest BCUT2D eigenvalue weighted by Crippen LogP contribution is -2.43. The highest BCUT2D eigenvalue weighted by atomic mass is 16.5.